The zero-order valence-corrected chi connectivity index (χ0v) is 12.2. The molecule has 98 valence electrons. The molecule has 2 unspecified atom stereocenters. The lowest BCUT2D eigenvalue weighted by molar-refractivity contribution is -0.134. The summed E-state index contributed by atoms with van der Waals surface area (Å²) in [6.07, 6.45) is 1.11. The van der Waals surface area contributed by atoms with E-state index in [0.717, 1.165) is 35.1 Å². The Morgan fingerprint density at radius 1 is 1.33 bits per heavy atom. The molecule has 1 fully saturated rings. The average molecular weight is 360 g/mol. The van der Waals surface area contributed by atoms with Crippen LogP contribution >= 0.6 is 22.6 Å². The van der Waals surface area contributed by atoms with E-state index in [2.05, 4.69) is 22.6 Å². The van der Waals surface area contributed by atoms with E-state index in [1.165, 1.54) is 0 Å². The summed E-state index contributed by atoms with van der Waals surface area (Å²) >= 11 is 2.14. The quantitative estimate of drug-likeness (QED) is 0.798. The molecule has 0 saturated carbocycles. The maximum Gasteiger partial charge on any atom is 0.242 e. The molecule has 1 aliphatic heterocycles. The Kier molecular flexibility index (Phi) is 4.58. The van der Waals surface area contributed by atoms with Crippen LogP contribution in [0.1, 0.15) is 24.5 Å². The van der Waals surface area contributed by atoms with E-state index >= 15 is 0 Å². The summed E-state index contributed by atoms with van der Waals surface area (Å²) in [6, 6.07) is 6.56. The molecule has 1 aliphatic rings. The lowest BCUT2D eigenvalue weighted by Gasteiger charge is -2.24. The van der Waals surface area contributed by atoms with Crippen LogP contribution in [0, 0.1) is 3.57 Å². The second-order valence-electron chi connectivity index (χ2n) is 4.52. The minimum absolute atomic E-state index is 0.153. The van der Waals surface area contributed by atoms with Gasteiger partial charge in [0, 0.05) is 16.7 Å². The van der Waals surface area contributed by atoms with Crippen molar-refractivity contribution in [2.75, 3.05) is 13.1 Å². The van der Waals surface area contributed by atoms with Crippen molar-refractivity contribution in [3.63, 3.8) is 0 Å². The van der Waals surface area contributed by atoms with Gasteiger partial charge in [-0.3, -0.25) is 4.79 Å². The Labute approximate surface area is 120 Å². The molecule has 1 aromatic rings. The average Bonchev–Trinajstić information content (AvgIpc) is 2.90. The Morgan fingerprint density at radius 2 is 1.94 bits per heavy atom. The van der Waals surface area contributed by atoms with Crippen molar-refractivity contribution in [3.8, 4) is 0 Å². The molecule has 0 aliphatic carbocycles. The summed E-state index contributed by atoms with van der Waals surface area (Å²) in [7, 11) is 0. The molecule has 2 rings (SSSR count). The monoisotopic (exact) mass is 360 g/mol. The first-order valence-electron chi connectivity index (χ1n) is 6.08. The van der Waals surface area contributed by atoms with Crippen LogP contribution in [-0.4, -0.2) is 35.0 Å². The van der Waals surface area contributed by atoms with Gasteiger partial charge in [-0.25, -0.2) is 0 Å². The summed E-state index contributed by atoms with van der Waals surface area (Å²) in [5.41, 5.74) is 6.62. The van der Waals surface area contributed by atoms with Gasteiger partial charge < -0.3 is 15.7 Å². The number of rotatable bonds is 3. The smallest absolute Gasteiger partial charge is 0.242 e. The molecule has 0 spiro atoms. The molecule has 5 heteroatoms. The van der Waals surface area contributed by atoms with Gasteiger partial charge in [0.2, 0.25) is 5.91 Å². The fraction of sp³-hybridized carbons (Fsp3) is 0.462. The summed E-state index contributed by atoms with van der Waals surface area (Å²) in [5.74, 6) is -0.153. The van der Waals surface area contributed by atoms with E-state index in [-0.39, 0.29) is 5.91 Å². The number of aliphatic hydroxyl groups is 1. The van der Waals surface area contributed by atoms with E-state index in [0.29, 0.717) is 0 Å². The van der Waals surface area contributed by atoms with Gasteiger partial charge in [0.05, 0.1) is 0 Å². The molecule has 0 aromatic heterocycles. The van der Waals surface area contributed by atoms with E-state index < -0.39 is 12.1 Å². The van der Waals surface area contributed by atoms with Crippen molar-refractivity contribution < 1.29 is 9.90 Å². The van der Waals surface area contributed by atoms with Gasteiger partial charge in [-0.05, 0) is 47.1 Å². The number of halogens is 1. The number of aliphatic hydroxyl groups excluding tert-OH is 1. The Hall–Kier alpha value is -0.660. The van der Waals surface area contributed by atoms with Crippen LogP contribution in [0.2, 0.25) is 0 Å². The van der Waals surface area contributed by atoms with Gasteiger partial charge in [0.1, 0.15) is 12.1 Å². The van der Waals surface area contributed by atoms with Gasteiger partial charge in [0.25, 0.3) is 0 Å². The molecule has 18 heavy (non-hydrogen) atoms. The Bertz CT molecular complexity index is 433. The molecular formula is C13H17IN2O2. The molecule has 4 nitrogen and oxygen atoms in total. The molecule has 1 saturated heterocycles. The largest absolute Gasteiger partial charge is 0.386 e. The zero-order valence-electron chi connectivity index (χ0n) is 10.1. The molecule has 1 amide bonds. The van der Waals surface area contributed by atoms with Crippen LogP contribution < -0.4 is 5.73 Å². The first kappa shape index (κ1) is 13.8. The van der Waals surface area contributed by atoms with Crippen molar-refractivity contribution in [1.29, 1.82) is 0 Å². The number of hydrogen-bond acceptors (Lipinski definition) is 3. The highest BCUT2D eigenvalue weighted by Crippen LogP contribution is 2.23. The standard InChI is InChI=1S/C13H17IN2O2/c14-10-6-2-1-5-9(10)12(17)11(15)13(18)16-7-3-4-8-16/h1-2,5-6,11-12,17H,3-4,7-8,15H2. The van der Waals surface area contributed by atoms with Gasteiger partial charge in [-0.15, -0.1) is 0 Å². The minimum atomic E-state index is -0.939. The lowest BCUT2D eigenvalue weighted by Crippen LogP contribution is -2.46. The van der Waals surface area contributed by atoms with Crippen LogP contribution in [0.5, 0.6) is 0 Å². The number of nitrogens with zero attached hydrogens (tertiary/aromatic N) is 1. The lowest BCUT2D eigenvalue weighted by atomic mass is 10.0. The molecule has 1 aromatic carbocycles. The highest BCUT2D eigenvalue weighted by Gasteiger charge is 2.30. The predicted octanol–water partition coefficient (Wildman–Crippen LogP) is 1.27. The fourth-order valence-electron chi connectivity index (χ4n) is 2.19. The minimum Gasteiger partial charge on any atom is -0.386 e. The van der Waals surface area contributed by atoms with Crippen LogP contribution in [0.15, 0.2) is 24.3 Å². The highest BCUT2D eigenvalue weighted by atomic mass is 127. The number of carbonyl (C=O) groups excluding carboxylic acids is 1. The Balaban J connectivity index is 2.10. The van der Waals surface area contributed by atoms with Gasteiger partial charge in [0.15, 0.2) is 0 Å². The second-order valence-corrected chi connectivity index (χ2v) is 5.69. The topological polar surface area (TPSA) is 66.6 Å². The number of carbonyl (C=O) groups is 1. The maximum atomic E-state index is 12.1. The number of benzene rings is 1. The summed E-state index contributed by atoms with van der Waals surface area (Å²) in [4.78, 5) is 13.8. The van der Waals surface area contributed by atoms with Crippen molar-refractivity contribution in [2.24, 2.45) is 5.73 Å². The molecule has 0 radical (unpaired) electrons. The van der Waals surface area contributed by atoms with Crippen molar-refractivity contribution >= 4 is 28.5 Å². The maximum absolute atomic E-state index is 12.1. The van der Waals surface area contributed by atoms with Crippen LogP contribution in [-0.2, 0) is 4.79 Å². The van der Waals surface area contributed by atoms with E-state index in [1.54, 1.807) is 4.90 Å². The van der Waals surface area contributed by atoms with Crippen LogP contribution in [0.25, 0.3) is 0 Å². The molecule has 2 atom stereocenters. The third-order valence-electron chi connectivity index (χ3n) is 3.27. The summed E-state index contributed by atoms with van der Waals surface area (Å²) in [6.45, 7) is 1.51. The van der Waals surface area contributed by atoms with E-state index in [4.69, 9.17) is 5.73 Å². The highest BCUT2D eigenvalue weighted by molar-refractivity contribution is 14.1. The van der Waals surface area contributed by atoms with Gasteiger partial charge in [-0.2, -0.15) is 0 Å². The SMILES string of the molecule is NC(C(=O)N1CCCC1)C(O)c1ccccc1I. The Morgan fingerprint density at radius 3 is 2.56 bits per heavy atom. The third-order valence-corrected chi connectivity index (χ3v) is 4.25. The van der Waals surface area contributed by atoms with E-state index in [9.17, 15) is 9.90 Å². The van der Waals surface area contributed by atoms with Crippen molar-refractivity contribution in [2.45, 2.75) is 25.0 Å². The van der Waals surface area contributed by atoms with E-state index in [1.807, 2.05) is 24.3 Å². The second kappa shape index (κ2) is 5.99. The third kappa shape index (κ3) is 2.84. The number of hydrogen-bond donors (Lipinski definition) is 2. The number of nitrogens with two attached hydrogens (primary N) is 1. The predicted molar refractivity (Wildman–Crippen MR) is 77.9 cm³/mol. The van der Waals surface area contributed by atoms with Crippen molar-refractivity contribution in [3.05, 3.63) is 33.4 Å². The molecule has 1 heterocycles. The zero-order chi connectivity index (χ0) is 13.1. The van der Waals surface area contributed by atoms with Crippen LogP contribution in [0.4, 0.5) is 0 Å². The normalized spacial score (nSPS) is 18.7. The summed E-state index contributed by atoms with van der Waals surface area (Å²) in [5, 5.41) is 10.2. The molecule has 3 N–H and O–H groups in total. The number of amides is 1. The first-order valence-corrected chi connectivity index (χ1v) is 7.16. The molecular weight excluding hydrogens is 343 g/mol. The van der Waals surface area contributed by atoms with Crippen LogP contribution in [0.3, 0.4) is 0 Å². The summed E-state index contributed by atoms with van der Waals surface area (Å²) < 4.78 is 0.923. The fourth-order valence-corrected chi connectivity index (χ4v) is 2.90. The van der Waals surface area contributed by atoms with Crippen molar-refractivity contribution in [1.82, 2.24) is 4.90 Å². The van der Waals surface area contributed by atoms with Gasteiger partial charge in [-0.1, -0.05) is 18.2 Å². The molecule has 0 bridgehead atoms. The number of likely N-dealkylation sites (tertiary alicyclic amines) is 1. The van der Waals surface area contributed by atoms with Gasteiger partial charge >= 0.3 is 0 Å². The first-order chi connectivity index (χ1) is 8.61.